The third-order valence-electron chi connectivity index (χ3n) is 6.78. The highest BCUT2D eigenvalue weighted by atomic mass is 16.2. The van der Waals surface area contributed by atoms with Crippen LogP contribution in [0.2, 0.25) is 0 Å². The average Bonchev–Trinajstić information content (AvgIpc) is 3.00. The zero-order valence-electron chi connectivity index (χ0n) is 15.6. The summed E-state index contributed by atoms with van der Waals surface area (Å²) in [6.45, 7) is 1.95. The molecule has 4 bridgehead atoms. The van der Waals surface area contributed by atoms with Gasteiger partial charge in [-0.15, -0.1) is 10.2 Å². The molecule has 2 heterocycles. The second-order valence-electron chi connectivity index (χ2n) is 8.93. The lowest BCUT2D eigenvalue weighted by Crippen LogP contribution is -2.65. The van der Waals surface area contributed by atoms with Gasteiger partial charge in [0.25, 0.3) is 0 Å². The Morgan fingerprint density at radius 2 is 1.96 bits per heavy atom. The molecule has 4 fully saturated rings. The van der Waals surface area contributed by atoms with Gasteiger partial charge in [-0.2, -0.15) is 0 Å². The predicted molar refractivity (Wildman–Crippen MR) is 98.5 cm³/mol. The first-order valence-electron chi connectivity index (χ1n) is 9.83. The van der Waals surface area contributed by atoms with Crippen LogP contribution < -0.4 is 10.6 Å². The van der Waals surface area contributed by atoms with Crippen LogP contribution in [-0.2, 0) is 16.1 Å². The van der Waals surface area contributed by atoms with Gasteiger partial charge >= 0.3 is 0 Å². The van der Waals surface area contributed by atoms with Crippen LogP contribution in [0, 0.1) is 17.3 Å². The van der Waals surface area contributed by atoms with E-state index >= 15 is 0 Å². The third kappa shape index (κ3) is 2.71. The highest BCUT2D eigenvalue weighted by molar-refractivity contribution is 5.83. The van der Waals surface area contributed by atoms with Gasteiger partial charge in [0.2, 0.25) is 11.8 Å². The lowest BCUT2D eigenvalue weighted by molar-refractivity contribution is -0.153. The number of nitrogens with one attached hydrogen (secondary N) is 2. The van der Waals surface area contributed by atoms with Crippen molar-refractivity contribution in [3.05, 3.63) is 30.2 Å². The Balaban J connectivity index is 1.36. The van der Waals surface area contributed by atoms with Gasteiger partial charge in [0.1, 0.15) is 0 Å². The van der Waals surface area contributed by atoms with E-state index in [0.717, 1.165) is 43.6 Å². The van der Waals surface area contributed by atoms with Gasteiger partial charge in [-0.3, -0.25) is 14.0 Å². The molecule has 0 saturated heterocycles. The Morgan fingerprint density at radius 1 is 1.19 bits per heavy atom. The summed E-state index contributed by atoms with van der Waals surface area (Å²) in [6, 6.07) is 5.75. The first kappa shape index (κ1) is 16.7. The van der Waals surface area contributed by atoms with Crippen LogP contribution in [0.5, 0.6) is 0 Å². The molecule has 7 heteroatoms. The minimum Gasteiger partial charge on any atom is -0.351 e. The van der Waals surface area contributed by atoms with Crippen molar-refractivity contribution in [3.8, 4) is 0 Å². The Labute approximate surface area is 157 Å². The fourth-order valence-corrected chi connectivity index (χ4v) is 6.41. The lowest BCUT2D eigenvalue weighted by Gasteiger charge is -2.61. The van der Waals surface area contributed by atoms with Crippen molar-refractivity contribution in [1.29, 1.82) is 0 Å². The molecule has 6 rings (SSSR count). The number of pyridine rings is 1. The van der Waals surface area contributed by atoms with E-state index in [1.165, 1.54) is 6.42 Å². The predicted octanol–water partition coefficient (Wildman–Crippen LogP) is 1.82. The maximum atomic E-state index is 13.3. The van der Waals surface area contributed by atoms with E-state index in [-0.39, 0.29) is 22.8 Å². The van der Waals surface area contributed by atoms with Crippen molar-refractivity contribution in [2.75, 3.05) is 0 Å². The fraction of sp³-hybridized carbons (Fsp3) is 0.600. The second kappa shape index (κ2) is 5.78. The number of aromatic nitrogens is 3. The first-order chi connectivity index (χ1) is 13.0. The zero-order valence-corrected chi connectivity index (χ0v) is 15.6. The Morgan fingerprint density at radius 3 is 2.70 bits per heavy atom. The molecule has 7 nitrogen and oxygen atoms in total. The van der Waals surface area contributed by atoms with E-state index in [1.807, 2.05) is 28.8 Å². The monoisotopic (exact) mass is 367 g/mol. The number of nitrogens with zero attached hydrogens (tertiary/aromatic N) is 3. The second-order valence-corrected chi connectivity index (χ2v) is 8.93. The summed E-state index contributed by atoms with van der Waals surface area (Å²) in [5.74, 6) is 1.94. The molecule has 4 saturated carbocycles. The Kier molecular flexibility index (Phi) is 3.58. The highest BCUT2D eigenvalue weighted by Crippen LogP contribution is 2.61. The average molecular weight is 367 g/mol. The topological polar surface area (TPSA) is 88.4 Å². The fourth-order valence-electron chi connectivity index (χ4n) is 6.41. The number of hydrogen-bond donors (Lipinski definition) is 2. The number of rotatable bonds is 4. The molecule has 0 aromatic carbocycles. The van der Waals surface area contributed by atoms with Crippen LogP contribution in [0.4, 0.5) is 0 Å². The van der Waals surface area contributed by atoms with Crippen LogP contribution in [0.1, 0.15) is 51.3 Å². The molecule has 2 aromatic rings. The minimum absolute atomic E-state index is 0.0161. The summed E-state index contributed by atoms with van der Waals surface area (Å²) in [7, 11) is 0. The normalized spacial score (nSPS) is 34.0. The number of hydrogen-bond acceptors (Lipinski definition) is 4. The molecule has 2 aromatic heterocycles. The van der Waals surface area contributed by atoms with Crippen LogP contribution >= 0.6 is 0 Å². The van der Waals surface area contributed by atoms with Crippen LogP contribution in [0.25, 0.3) is 5.65 Å². The maximum absolute atomic E-state index is 13.3. The Bertz CT molecular complexity index is 906. The lowest BCUT2D eigenvalue weighted by atomic mass is 9.46. The van der Waals surface area contributed by atoms with Gasteiger partial charge in [0.15, 0.2) is 11.5 Å². The molecule has 142 valence electrons. The number of fused-ring (bicyclic) bond motifs is 1. The van der Waals surface area contributed by atoms with Crippen molar-refractivity contribution in [2.24, 2.45) is 17.3 Å². The van der Waals surface area contributed by atoms with Gasteiger partial charge < -0.3 is 10.6 Å². The third-order valence-corrected chi connectivity index (χ3v) is 6.78. The largest absolute Gasteiger partial charge is 0.351 e. The molecule has 2 unspecified atom stereocenters. The molecule has 4 aliphatic rings. The van der Waals surface area contributed by atoms with Crippen molar-refractivity contribution in [1.82, 2.24) is 25.2 Å². The summed E-state index contributed by atoms with van der Waals surface area (Å²) in [5, 5.41) is 14.7. The maximum Gasteiger partial charge on any atom is 0.226 e. The van der Waals surface area contributed by atoms with Crippen molar-refractivity contribution in [2.45, 2.75) is 57.5 Å². The smallest absolute Gasteiger partial charge is 0.226 e. The summed E-state index contributed by atoms with van der Waals surface area (Å²) in [5.41, 5.74) is 0.239. The van der Waals surface area contributed by atoms with E-state index in [1.54, 1.807) is 6.92 Å². The number of amides is 2. The molecular weight excluding hydrogens is 342 g/mol. The van der Waals surface area contributed by atoms with E-state index in [9.17, 15) is 9.59 Å². The minimum atomic E-state index is -0.354. The van der Waals surface area contributed by atoms with Gasteiger partial charge in [0, 0.05) is 18.7 Å². The standard InChI is InChI=1S/C20H25N5O2/c1-13(26)22-20-9-14-6-15(10-20)8-19(7-14,12-20)18(27)21-11-17-24-23-16-4-2-3-5-25(16)17/h2-5,14-15H,6-12H2,1H3,(H,21,27)(H,22,26)/t14-,15+,19?,20?. The van der Waals surface area contributed by atoms with Crippen molar-refractivity contribution in [3.63, 3.8) is 0 Å². The summed E-state index contributed by atoms with van der Waals surface area (Å²) in [4.78, 5) is 25.1. The van der Waals surface area contributed by atoms with Crippen LogP contribution in [0.3, 0.4) is 0 Å². The number of carbonyl (C=O) groups is 2. The van der Waals surface area contributed by atoms with E-state index in [0.29, 0.717) is 18.4 Å². The van der Waals surface area contributed by atoms with Crippen LogP contribution in [0.15, 0.2) is 24.4 Å². The van der Waals surface area contributed by atoms with E-state index in [4.69, 9.17) is 0 Å². The van der Waals surface area contributed by atoms with E-state index < -0.39 is 0 Å². The van der Waals surface area contributed by atoms with Crippen molar-refractivity contribution < 1.29 is 9.59 Å². The molecule has 4 atom stereocenters. The molecule has 0 radical (unpaired) electrons. The van der Waals surface area contributed by atoms with Crippen LogP contribution in [-0.4, -0.2) is 32.0 Å². The molecule has 2 amide bonds. The molecular formula is C20H25N5O2. The molecule has 0 spiro atoms. The number of carbonyl (C=O) groups excluding carboxylic acids is 2. The van der Waals surface area contributed by atoms with Gasteiger partial charge in [0.05, 0.1) is 12.0 Å². The van der Waals surface area contributed by atoms with Gasteiger partial charge in [-0.1, -0.05) is 6.07 Å². The quantitative estimate of drug-likeness (QED) is 0.863. The molecule has 27 heavy (non-hydrogen) atoms. The molecule has 4 aliphatic carbocycles. The summed E-state index contributed by atoms with van der Waals surface area (Å²) in [6.07, 6.45) is 7.80. The molecule has 0 aliphatic heterocycles. The van der Waals surface area contributed by atoms with E-state index in [2.05, 4.69) is 20.8 Å². The summed E-state index contributed by atoms with van der Waals surface area (Å²) < 4.78 is 1.90. The van der Waals surface area contributed by atoms with Gasteiger partial charge in [-0.25, -0.2) is 0 Å². The SMILES string of the molecule is CC(=O)NC12C[C@H]3C[C@@H](C1)CC(C(=O)NCc1nnc4ccccn14)(C3)C2. The Hall–Kier alpha value is -2.44. The zero-order chi connectivity index (χ0) is 18.6. The molecule has 2 N–H and O–H groups in total. The van der Waals surface area contributed by atoms with Crippen molar-refractivity contribution >= 4 is 17.5 Å². The van der Waals surface area contributed by atoms with Gasteiger partial charge in [-0.05, 0) is 62.5 Å². The first-order valence-corrected chi connectivity index (χ1v) is 9.83. The highest BCUT2D eigenvalue weighted by Gasteiger charge is 2.60. The summed E-state index contributed by atoms with van der Waals surface area (Å²) >= 11 is 0.